The zero-order valence-electron chi connectivity index (χ0n) is 10.00. The lowest BCUT2D eigenvalue weighted by molar-refractivity contribution is -0.0505. The first-order valence-electron chi connectivity index (χ1n) is 5.62. The third kappa shape index (κ3) is 2.02. The summed E-state index contributed by atoms with van der Waals surface area (Å²) in [7, 11) is 1.83. The molecule has 1 saturated carbocycles. The molecular formula is C11H18BrN3O. The average Bonchev–Trinajstić information content (AvgIpc) is 2.44. The van der Waals surface area contributed by atoms with E-state index < -0.39 is 5.60 Å². The van der Waals surface area contributed by atoms with Crippen LogP contribution in [0.5, 0.6) is 0 Å². The minimum Gasteiger partial charge on any atom is -0.383 e. The van der Waals surface area contributed by atoms with Crippen LogP contribution in [0.3, 0.4) is 0 Å². The molecule has 1 unspecified atom stereocenters. The van der Waals surface area contributed by atoms with Gasteiger partial charge >= 0.3 is 0 Å². The summed E-state index contributed by atoms with van der Waals surface area (Å²) >= 11 is 3.37. The predicted molar refractivity (Wildman–Crippen MR) is 64.8 cm³/mol. The summed E-state index contributed by atoms with van der Waals surface area (Å²) in [4.78, 5) is 0. The Morgan fingerprint density at radius 3 is 2.56 bits per heavy atom. The molecule has 5 heteroatoms. The first kappa shape index (κ1) is 12.0. The second-order valence-electron chi connectivity index (χ2n) is 5.58. The molecule has 90 valence electrons. The molecule has 16 heavy (non-hydrogen) atoms. The fourth-order valence-electron chi connectivity index (χ4n) is 2.86. The van der Waals surface area contributed by atoms with Crippen LogP contribution < -0.4 is 0 Å². The second kappa shape index (κ2) is 3.81. The number of halogens is 1. The van der Waals surface area contributed by atoms with Gasteiger partial charge in [-0.15, -0.1) is 5.10 Å². The normalized spacial score (nSPS) is 29.3. The molecule has 1 heterocycles. The smallest absolute Gasteiger partial charge is 0.154 e. The van der Waals surface area contributed by atoms with E-state index in [0.717, 1.165) is 31.4 Å². The van der Waals surface area contributed by atoms with E-state index in [0.29, 0.717) is 4.60 Å². The summed E-state index contributed by atoms with van der Waals surface area (Å²) in [5, 5.41) is 18.7. The van der Waals surface area contributed by atoms with Crippen molar-refractivity contribution in [2.75, 3.05) is 0 Å². The maximum absolute atomic E-state index is 10.8. The van der Waals surface area contributed by atoms with Crippen LogP contribution in [0.25, 0.3) is 0 Å². The van der Waals surface area contributed by atoms with E-state index >= 15 is 0 Å². The van der Waals surface area contributed by atoms with Crippen molar-refractivity contribution in [2.45, 2.75) is 45.1 Å². The van der Waals surface area contributed by atoms with E-state index in [1.807, 2.05) is 7.05 Å². The molecule has 1 N–H and O–H groups in total. The molecule has 0 aliphatic heterocycles. The van der Waals surface area contributed by atoms with Crippen molar-refractivity contribution < 1.29 is 5.11 Å². The first-order valence-corrected chi connectivity index (χ1v) is 6.41. The molecule has 1 aromatic heterocycles. The number of rotatable bonds is 1. The Kier molecular flexibility index (Phi) is 2.87. The minimum absolute atomic E-state index is 0.177. The molecule has 0 saturated heterocycles. The van der Waals surface area contributed by atoms with Gasteiger partial charge in [-0.05, 0) is 47.0 Å². The van der Waals surface area contributed by atoms with E-state index in [1.165, 1.54) is 0 Å². The van der Waals surface area contributed by atoms with Gasteiger partial charge in [0.25, 0.3) is 0 Å². The summed E-state index contributed by atoms with van der Waals surface area (Å²) < 4.78 is 2.33. The summed E-state index contributed by atoms with van der Waals surface area (Å²) in [6.45, 7) is 4.41. The maximum atomic E-state index is 10.8. The third-order valence-electron chi connectivity index (χ3n) is 3.44. The molecule has 1 atom stereocenters. The molecule has 2 rings (SSSR count). The van der Waals surface area contributed by atoms with E-state index in [4.69, 9.17) is 0 Å². The molecule has 1 aromatic rings. The summed E-state index contributed by atoms with van der Waals surface area (Å²) in [6, 6.07) is 0. The maximum Gasteiger partial charge on any atom is 0.154 e. The lowest BCUT2D eigenvalue weighted by Gasteiger charge is -2.41. The molecule has 0 bridgehead atoms. The molecular weight excluding hydrogens is 270 g/mol. The number of aryl methyl sites for hydroxylation is 1. The molecule has 0 aromatic carbocycles. The standard InChI is InChI=1S/C11H18BrN3O/c1-10(2)5-4-6-11(16,7-10)8-9(12)13-14-15(8)3/h16H,4-7H2,1-3H3. The van der Waals surface area contributed by atoms with Crippen molar-refractivity contribution in [3.8, 4) is 0 Å². The number of aliphatic hydroxyl groups is 1. The van der Waals surface area contributed by atoms with Gasteiger partial charge in [0.2, 0.25) is 0 Å². The molecule has 1 fully saturated rings. The summed E-state index contributed by atoms with van der Waals surface area (Å²) in [5.41, 5.74) is 0.190. The average molecular weight is 288 g/mol. The highest BCUT2D eigenvalue weighted by Crippen LogP contribution is 2.47. The van der Waals surface area contributed by atoms with Crippen LogP contribution in [0.2, 0.25) is 0 Å². The van der Waals surface area contributed by atoms with Crippen LogP contribution in [-0.2, 0) is 12.6 Å². The third-order valence-corrected chi connectivity index (χ3v) is 3.98. The van der Waals surface area contributed by atoms with Gasteiger partial charge < -0.3 is 5.11 Å². The van der Waals surface area contributed by atoms with Gasteiger partial charge in [-0.3, -0.25) is 0 Å². The predicted octanol–water partition coefficient (Wildman–Crippen LogP) is 2.37. The topological polar surface area (TPSA) is 50.9 Å². The second-order valence-corrected chi connectivity index (χ2v) is 6.33. The quantitative estimate of drug-likeness (QED) is 0.863. The van der Waals surface area contributed by atoms with Crippen LogP contribution in [0.4, 0.5) is 0 Å². The fourth-order valence-corrected chi connectivity index (χ4v) is 3.55. The van der Waals surface area contributed by atoms with Gasteiger partial charge in [0.1, 0.15) is 11.3 Å². The van der Waals surface area contributed by atoms with Gasteiger partial charge in [0.05, 0.1) is 0 Å². The van der Waals surface area contributed by atoms with E-state index in [2.05, 4.69) is 40.1 Å². The highest BCUT2D eigenvalue weighted by molar-refractivity contribution is 9.10. The highest BCUT2D eigenvalue weighted by Gasteiger charge is 2.43. The van der Waals surface area contributed by atoms with Crippen LogP contribution >= 0.6 is 15.9 Å². The zero-order valence-corrected chi connectivity index (χ0v) is 11.6. The van der Waals surface area contributed by atoms with Crippen molar-refractivity contribution in [2.24, 2.45) is 12.5 Å². The summed E-state index contributed by atoms with van der Waals surface area (Å²) in [5.74, 6) is 0. The fraction of sp³-hybridized carbons (Fsp3) is 0.818. The van der Waals surface area contributed by atoms with Crippen molar-refractivity contribution in [1.82, 2.24) is 15.0 Å². The van der Waals surface area contributed by atoms with E-state index in [9.17, 15) is 5.11 Å². The number of nitrogens with zero attached hydrogens (tertiary/aromatic N) is 3. The Morgan fingerprint density at radius 1 is 1.38 bits per heavy atom. The van der Waals surface area contributed by atoms with Crippen LogP contribution in [0.15, 0.2) is 4.60 Å². The van der Waals surface area contributed by atoms with Gasteiger partial charge in [-0.2, -0.15) is 0 Å². The van der Waals surface area contributed by atoms with Crippen molar-refractivity contribution in [3.05, 3.63) is 10.3 Å². The summed E-state index contributed by atoms with van der Waals surface area (Å²) in [6.07, 6.45) is 3.76. The number of hydrogen-bond acceptors (Lipinski definition) is 3. The van der Waals surface area contributed by atoms with Gasteiger partial charge in [-0.1, -0.05) is 19.1 Å². The van der Waals surface area contributed by atoms with E-state index in [1.54, 1.807) is 4.68 Å². The lowest BCUT2D eigenvalue weighted by Crippen LogP contribution is -2.38. The molecule has 1 aliphatic carbocycles. The Hall–Kier alpha value is -0.420. The minimum atomic E-state index is -0.793. The van der Waals surface area contributed by atoms with Crippen molar-refractivity contribution >= 4 is 15.9 Å². The highest BCUT2D eigenvalue weighted by atomic mass is 79.9. The number of hydrogen-bond donors (Lipinski definition) is 1. The molecule has 0 amide bonds. The molecule has 0 radical (unpaired) electrons. The Bertz CT molecular complexity index is 382. The largest absolute Gasteiger partial charge is 0.383 e. The molecule has 0 spiro atoms. The monoisotopic (exact) mass is 287 g/mol. The number of aromatic nitrogens is 3. The zero-order chi connectivity index (χ0) is 12.0. The van der Waals surface area contributed by atoms with Gasteiger partial charge in [-0.25, -0.2) is 4.68 Å². The SMILES string of the molecule is Cn1nnc(Br)c1C1(O)CCCC(C)(C)C1. The molecule has 1 aliphatic rings. The van der Waals surface area contributed by atoms with Crippen molar-refractivity contribution in [3.63, 3.8) is 0 Å². The Morgan fingerprint density at radius 2 is 2.06 bits per heavy atom. The van der Waals surface area contributed by atoms with Gasteiger partial charge in [0.15, 0.2) is 4.60 Å². The lowest BCUT2D eigenvalue weighted by atomic mass is 9.69. The molecule has 4 nitrogen and oxygen atoms in total. The Balaban J connectivity index is 2.39. The van der Waals surface area contributed by atoms with E-state index in [-0.39, 0.29) is 5.41 Å². The first-order chi connectivity index (χ1) is 7.34. The van der Waals surface area contributed by atoms with Crippen LogP contribution in [-0.4, -0.2) is 20.1 Å². The van der Waals surface area contributed by atoms with Crippen molar-refractivity contribution in [1.29, 1.82) is 0 Å². The Labute approximate surface area is 104 Å². The van der Waals surface area contributed by atoms with Crippen LogP contribution in [0, 0.1) is 5.41 Å². The van der Waals surface area contributed by atoms with Gasteiger partial charge in [0, 0.05) is 7.05 Å². The van der Waals surface area contributed by atoms with Crippen LogP contribution in [0.1, 0.15) is 45.2 Å².